The van der Waals surface area contributed by atoms with Crippen molar-refractivity contribution in [3.63, 3.8) is 0 Å². The fraction of sp³-hybridized carbons (Fsp3) is 0.556. The first kappa shape index (κ1) is 11.6. The van der Waals surface area contributed by atoms with Crippen LogP contribution in [-0.4, -0.2) is 28.8 Å². The number of nitrogens with zero attached hydrogens (tertiary/aromatic N) is 2. The molecule has 1 N–H and O–H groups in total. The molecule has 0 saturated carbocycles. The molecule has 1 aromatic heterocycles. The Morgan fingerprint density at radius 3 is 2.86 bits per heavy atom. The van der Waals surface area contributed by atoms with E-state index in [2.05, 4.69) is 21.8 Å². The van der Waals surface area contributed by atoms with Crippen LogP contribution in [0, 0.1) is 0 Å². The molecule has 0 atom stereocenters. The van der Waals surface area contributed by atoms with Crippen LogP contribution < -0.4 is 5.32 Å². The molecular formula is C9H14ClN3S. The second-order valence-corrected chi connectivity index (χ2v) is 4.24. The van der Waals surface area contributed by atoms with Gasteiger partial charge in [-0.3, -0.25) is 0 Å². The number of nitrogens with one attached hydrogen (secondary N) is 1. The Bertz CT molecular complexity index is 253. The maximum atomic E-state index is 5.61. The smallest absolute Gasteiger partial charge is 0.151 e. The SMILES string of the molecule is CSCCCCNc1ccc(Cl)nn1. The summed E-state index contributed by atoms with van der Waals surface area (Å²) in [6.07, 6.45) is 4.51. The molecule has 3 nitrogen and oxygen atoms in total. The molecule has 14 heavy (non-hydrogen) atoms. The molecule has 1 rings (SSSR count). The summed E-state index contributed by atoms with van der Waals surface area (Å²) >= 11 is 7.49. The van der Waals surface area contributed by atoms with Crippen LogP contribution >= 0.6 is 23.4 Å². The number of anilines is 1. The highest BCUT2D eigenvalue weighted by Crippen LogP contribution is 2.06. The van der Waals surface area contributed by atoms with Crippen molar-refractivity contribution < 1.29 is 0 Å². The van der Waals surface area contributed by atoms with Crippen LogP contribution in [0.15, 0.2) is 12.1 Å². The van der Waals surface area contributed by atoms with E-state index in [0.29, 0.717) is 5.15 Å². The van der Waals surface area contributed by atoms with Crippen LogP contribution in [0.25, 0.3) is 0 Å². The first-order valence-electron chi connectivity index (χ1n) is 4.55. The molecule has 0 unspecified atom stereocenters. The zero-order valence-electron chi connectivity index (χ0n) is 8.16. The number of unbranched alkanes of at least 4 members (excludes halogenated alkanes) is 1. The van der Waals surface area contributed by atoms with Gasteiger partial charge in [0, 0.05) is 6.54 Å². The van der Waals surface area contributed by atoms with Crippen molar-refractivity contribution in [3.05, 3.63) is 17.3 Å². The summed E-state index contributed by atoms with van der Waals surface area (Å²) < 4.78 is 0. The van der Waals surface area contributed by atoms with Crippen molar-refractivity contribution >= 4 is 29.2 Å². The third-order valence-electron chi connectivity index (χ3n) is 1.71. The normalized spacial score (nSPS) is 10.1. The van der Waals surface area contributed by atoms with E-state index in [1.54, 1.807) is 6.07 Å². The van der Waals surface area contributed by atoms with Gasteiger partial charge >= 0.3 is 0 Å². The zero-order chi connectivity index (χ0) is 10.2. The van der Waals surface area contributed by atoms with Gasteiger partial charge in [-0.25, -0.2) is 0 Å². The fourth-order valence-electron chi connectivity index (χ4n) is 0.998. The van der Waals surface area contributed by atoms with Crippen LogP contribution in [0.4, 0.5) is 5.82 Å². The standard InChI is InChI=1S/C9H14ClN3S/c1-14-7-3-2-6-11-9-5-4-8(10)12-13-9/h4-5H,2-3,6-7H2,1H3,(H,11,13). The molecule has 1 heterocycles. The van der Waals surface area contributed by atoms with Gasteiger partial charge in [-0.05, 0) is 37.0 Å². The molecule has 0 spiro atoms. The van der Waals surface area contributed by atoms with Crippen LogP contribution in [0.5, 0.6) is 0 Å². The number of halogens is 1. The van der Waals surface area contributed by atoms with Crippen molar-refractivity contribution in [2.75, 3.05) is 23.9 Å². The van der Waals surface area contributed by atoms with Crippen LogP contribution in [0.3, 0.4) is 0 Å². The van der Waals surface area contributed by atoms with Crippen LogP contribution in [0.1, 0.15) is 12.8 Å². The summed E-state index contributed by atoms with van der Waals surface area (Å²) in [5.41, 5.74) is 0. The molecule has 0 bridgehead atoms. The Kier molecular flexibility index (Phi) is 5.71. The van der Waals surface area contributed by atoms with Crippen molar-refractivity contribution in [2.45, 2.75) is 12.8 Å². The van der Waals surface area contributed by atoms with Crippen LogP contribution in [0.2, 0.25) is 5.15 Å². The summed E-state index contributed by atoms with van der Waals surface area (Å²) in [6.45, 7) is 0.941. The van der Waals surface area contributed by atoms with E-state index in [9.17, 15) is 0 Å². The van der Waals surface area contributed by atoms with Gasteiger partial charge in [-0.2, -0.15) is 11.8 Å². The minimum Gasteiger partial charge on any atom is -0.369 e. The average molecular weight is 232 g/mol. The lowest BCUT2D eigenvalue weighted by Crippen LogP contribution is -2.04. The van der Waals surface area contributed by atoms with Gasteiger partial charge < -0.3 is 5.32 Å². The Morgan fingerprint density at radius 1 is 1.36 bits per heavy atom. The van der Waals surface area contributed by atoms with E-state index in [1.807, 2.05) is 17.8 Å². The lowest BCUT2D eigenvalue weighted by molar-refractivity contribution is 0.835. The average Bonchev–Trinajstić information content (AvgIpc) is 2.21. The summed E-state index contributed by atoms with van der Waals surface area (Å²) in [5, 5.41) is 11.3. The fourth-order valence-corrected chi connectivity index (χ4v) is 1.59. The van der Waals surface area contributed by atoms with Gasteiger partial charge in [-0.1, -0.05) is 11.6 Å². The largest absolute Gasteiger partial charge is 0.369 e. The van der Waals surface area contributed by atoms with Gasteiger partial charge in [0.2, 0.25) is 0 Å². The highest BCUT2D eigenvalue weighted by molar-refractivity contribution is 7.98. The van der Waals surface area contributed by atoms with E-state index in [-0.39, 0.29) is 0 Å². The molecule has 0 amide bonds. The van der Waals surface area contributed by atoms with Crippen molar-refractivity contribution in [3.8, 4) is 0 Å². The Hall–Kier alpha value is -0.480. The highest BCUT2D eigenvalue weighted by Gasteiger charge is 1.94. The lowest BCUT2D eigenvalue weighted by atomic mass is 10.3. The van der Waals surface area contributed by atoms with Crippen LogP contribution in [-0.2, 0) is 0 Å². The number of thioether (sulfide) groups is 1. The molecule has 0 aliphatic heterocycles. The topological polar surface area (TPSA) is 37.8 Å². The van der Waals surface area contributed by atoms with Gasteiger partial charge in [0.1, 0.15) is 5.82 Å². The van der Waals surface area contributed by atoms with Crippen molar-refractivity contribution in [1.29, 1.82) is 0 Å². The van der Waals surface area contributed by atoms with E-state index >= 15 is 0 Å². The van der Waals surface area contributed by atoms with E-state index < -0.39 is 0 Å². The number of aromatic nitrogens is 2. The minimum atomic E-state index is 0.429. The van der Waals surface area contributed by atoms with E-state index in [4.69, 9.17) is 11.6 Å². The van der Waals surface area contributed by atoms with Gasteiger partial charge in [0.15, 0.2) is 5.15 Å². The van der Waals surface area contributed by atoms with Gasteiger partial charge in [0.25, 0.3) is 0 Å². The predicted molar refractivity (Wildman–Crippen MR) is 63.1 cm³/mol. The lowest BCUT2D eigenvalue weighted by Gasteiger charge is -2.03. The first-order valence-corrected chi connectivity index (χ1v) is 6.32. The first-order chi connectivity index (χ1) is 6.83. The Balaban J connectivity index is 2.15. The Morgan fingerprint density at radius 2 is 2.21 bits per heavy atom. The van der Waals surface area contributed by atoms with E-state index in [1.165, 1.54) is 12.2 Å². The predicted octanol–water partition coefficient (Wildman–Crippen LogP) is 2.69. The summed E-state index contributed by atoms with van der Waals surface area (Å²) in [5.74, 6) is 2.01. The molecule has 0 radical (unpaired) electrons. The quantitative estimate of drug-likeness (QED) is 0.764. The Labute approximate surface area is 93.6 Å². The highest BCUT2D eigenvalue weighted by atomic mass is 35.5. The number of hydrogen-bond donors (Lipinski definition) is 1. The molecule has 5 heteroatoms. The van der Waals surface area contributed by atoms with Gasteiger partial charge in [0.05, 0.1) is 0 Å². The van der Waals surface area contributed by atoms with Crippen molar-refractivity contribution in [2.24, 2.45) is 0 Å². The number of hydrogen-bond acceptors (Lipinski definition) is 4. The molecule has 0 saturated heterocycles. The van der Waals surface area contributed by atoms with E-state index in [0.717, 1.165) is 18.8 Å². The molecule has 0 aliphatic rings. The number of rotatable bonds is 6. The third-order valence-corrected chi connectivity index (χ3v) is 2.61. The molecule has 1 aromatic rings. The van der Waals surface area contributed by atoms with Gasteiger partial charge in [-0.15, -0.1) is 10.2 Å². The molecule has 0 fully saturated rings. The monoisotopic (exact) mass is 231 g/mol. The molecule has 78 valence electrons. The summed E-state index contributed by atoms with van der Waals surface area (Å²) in [6, 6.07) is 3.57. The minimum absolute atomic E-state index is 0.429. The molecule has 0 aliphatic carbocycles. The second-order valence-electron chi connectivity index (χ2n) is 2.87. The maximum absolute atomic E-state index is 5.61. The summed E-state index contributed by atoms with van der Waals surface area (Å²) in [4.78, 5) is 0. The molecule has 0 aromatic carbocycles. The summed E-state index contributed by atoms with van der Waals surface area (Å²) in [7, 11) is 0. The maximum Gasteiger partial charge on any atom is 0.151 e. The van der Waals surface area contributed by atoms with Crippen molar-refractivity contribution in [1.82, 2.24) is 10.2 Å². The zero-order valence-corrected chi connectivity index (χ0v) is 9.74. The second kappa shape index (κ2) is 6.90. The molecular weight excluding hydrogens is 218 g/mol. The third kappa shape index (κ3) is 4.67.